The third-order valence-electron chi connectivity index (χ3n) is 6.00. The maximum atomic E-state index is 5.90. The first-order valence-corrected chi connectivity index (χ1v) is 14.8. The summed E-state index contributed by atoms with van der Waals surface area (Å²) in [7, 11) is 0. The molecule has 11 nitrogen and oxygen atoms in total. The molecule has 2 heterocycles. The Morgan fingerprint density at radius 2 is 0.718 bits per heavy atom. The molecule has 0 amide bonds. The van der Waals surface area contributed by atoms with E-state index in [1.807, 2.05) is 62.3 Å². The molecule has 0 aromatic heterocycles. The van der Waals surface area contributed by atoms with Crippen molar-refractivity contribution in [3.8, 4) is 0 Å². The van der Waals surface area contributed by atoms with E-state index in [2.05, 4.69) is 0 Å². The van der Waals surface area contributed by atoms with Crippen molar-refractivity contribution in [2.75, 3.05) is 66.1 Å². The molecular formula is C28H56O11. The first kappa shape index (κ1) is 36.6. The highest BCUT2D eigenvalue weighted by atomic mass is 16.8. The molecule has 234 valence electrons. The van der Waals surface area contributed by atoms with E-state index in [0.717, 1.165) is 0 Å². The summed E-state index contributed by atoms with van der Waals surface area (Å²) in [5.74, 6) is 0. The largest absolute Gasteiger partial charge is 0.373 e. The van der Waals surface area contributed by atoms with Gasteiger partial charge in [-0.3, -0.25) is 0 Å². The summed E-state index contributed by atoms with van der Waals surface area (Å²) in [6.45, 7) is 23.2. The molecule has 0 bridgehead atoms. The third kappa shape index (κ3) is 11.8. The number of ether oxygens (including phenoxy) is 11. The second-order valence-corrected chi connectivity index (χ2v) is 8.53. The molecule has 0 N–H and O–H groups in total. The lowest BCUT2D eigenvalue weighted by Crippen LogP contribution is -2.61. The zero-order valence-electron chi connectivity index (χ0n) is 25.8. The van der Waals surface area contributed by atoms with Crippen LogP contribution >= 0.6 is 0 Å². The van der Waals surface area contributed by atoms with Crippen LogP contribution in [0, 0.1) is 0 Å². The van der Waals surface area contributed by atoms with Gasteiger partial charge in [-0.1, -0.05) is 0 Å². The Hall–Kier alpha value is -0.440. The van der Waals surface area contributed by atoms with Gasteiger partial charge in [-0.25, -0.2) is 0 Å². The van der Waals surface area contributed by atoms with Crippen LogP contribution in [0.3, 0.4) is 0 Å². The molecule has 0 aromatic rings. The minimum absolute atomic E-state index is 0.0943. The summed E-state index contributed by atoms with van der Waals surface area (Å²) in [6, 6.07) is 0. The van der Waals surface area contributed by atoms with Crippen molar-refractivity contribution < 1.29 is 52.1 Å². The molecule has 2 rings (SSSR count). The predicted octanol–water partition coefficient (Wildman–Crippen LogP) is 3.55. The van der Waals surface area contributed by atoms with Crippen LogP contribution in [0.25, 0.3) is 0 Å². The van der Waals surface area contributed by atoms with Crippen molar-refractivity contribution in [3.63, 3.8) is 0 Å². The minimum atomic E-state index is -0.514. The van der Waals surface area contributed by atoms with Crippen LogP contribution < -0.4 is 0 Å². The zero-order valence-corrected chi connectivity index (χ0v) is 25.8. The van der Waals surface area contributed by atoms with Gasteiger partial charge in [0, 0.05) is 59.5 Å². The van der Waals surface area contributed by atoms with Gasteiger partial charge in [0.15, 0.2) is 18.9 Å². The lowest BCUT2D eigenvalue weighted by molar-refractivity contribution is -0.363. The lowest BCUT2D eigenvalue weighted by atomic mass is 10.0. The van der Waals surface area contributed by atoms with Crippen LogP contribution in [-0.4, -0.2) is 122 Å². The number of rotatable bonds is 18. The van der Waals surface area contributed by atoms with Gasteiger partial charge in [-0.05, 0) is 62.3 Å². The summed E-state index contributed by atoms with van der Waals surface area (Å²) in [5, 5.41) is 0. The van der Waals surface area contributed by atoms with Crippen LogP contribution in [0.2, 0.25) is 0 Å². The van der Waals surface area contributed by atoms with Gasteiger partial charge in [-0.15, -0.1) is 0 Å². The Morgan fingerprint density at radius 3 is 1.13 bits per heavy atom. The maximum absolute atomic E-state index is 5.90. The van der Waals surface area contributed by atoms with Gasteiger partial charge in [0.25, 0.3) is 0 Å². The SMILES string of the molecule is CCOC1[C@@H](OCC)[C@@H](OCC)O[C@H](OCC)[C@H]1OCC.CCO[C@@H]1OC[C@@H](OCC)[C@@H](OCC)[C@@H]1OCC. The average molecular weight is 569 g/mol. The molecule has 1 unspecified atom stereocenters. The molecule has 2 saturated heterocycles. The second-order valence-electron chi connectivity index (χ2n) is 8.53. The fraction of sp³-hybridized carbons (Fsp3) is 1.00. The van der Waals surface area contributed by atoms with Gasteiger partial charge >= 0.3 is 0 Å². The van der Waals surface area contributed by atoms with Gasteiger partial charge in [0.1, 0.15) is 36.6 Å². The topological polar surface area (TPSA) is 102 Å². The molecule has 0 saturated carbocycles. The van der Waals surface area contributed by atoms with Crippen molar-refractivity contribution in [2.45, 2.75) is 118 Å². The Morgan fingerprint density at radius 1 is 0.385 bits per heavy atom. The van der Waals surface area contributed by atoms with Gasteiger partial charge in [0.2, 0.25) is 0 Å². The van der Waals surface area contributed by atoms with Crippen molar-refractivity contribution in [1.82, 2.24) is 0 Å². The normalized spacial score (nSPS) is 33.0. The molecule has 39 heavy (non-hydrogen) atoms. The molecule has 0 aromatic carbocycles. The second kappa shape index (κ2) is 22.2. The third-order valence-corrected chi connectivity index (χ3v) is 6.00. The van der Waals surface area contributed by atoms with E-state index in [-0.39, 0.29) is 42.9 Å². The Labute approximate surface area is 236 Å². The monoisotopic (exact) mass is 568 g/mol. The van der Waals surface area contributed by atoms with E-state index >= 15 is 0 Å². The van der Waals surface area contributed by atoms with Crippen LogP contribution in [0.5, 0.6) is 0 Å². The molecule has 9 atom stereocenters. The summed E-state index contributed by atoms with van der Waals surface area (Å²) in [6.07, 6.45) is -2.81. The van der Waals surface area contributed by atoms with Crippen LogP contribution in [0.15, 0.2) is 0 Å². The number of hydrogen-bond acceptors (Lipinski definition) is 11. The maximum Gasteiger partial charge on any atom is 0.189 e. The Bertz CT molecular complexity index is 526. The molecule has 2 aliphatic heterocycles. The van der Waals surface area contributed by atoms with E-state index in [4.69, 9.17) is 52.1 Å². The van der Waals surface area contributed by atoms with Crippen LogP contribution in [-0.2, 0) is 52.1 Å². The molecular weight excluding hydrogens is 512 g/mol. The number of hydrogen-bond donors (Lipinski definition) is 0. The molecule has 0 radical (unpaired) electrons. The molecule has 2 aliphatic rings. The van der Waals surface area contributed by atoms with Gasteiger partial charge in [-0.2, -0.15) is 0 Å². The van der Waals surface area contributed by atoms with Crippen molar-refractivity contribution in [2.24, 2.45) is 0 Å². The van der Waals surface area contributed by atoms with Crippen LogP contribution in [0.1, 0.15) is 62.3 Å². The van der Waals surface area contributed by atoms with Gasteiger partial charge < -0.3 is 52.1 Å². The standard InChI is InChI=1S/C15H30O6.C13H26O5/c1-6-16-11-12(17-7-2)14(19-9-4)21-15(20-10-5)13(11)18-8-3;1-5-14-10-9-18-13(17-8-4)12(16-7-3)11(10)15-6-2/h11-15H,6-10H2,1-5H3;10-13H,5-9H2,1-4H3/t11?,12-,13+,14-,15-;10-,11-,12+,13-/m01/s1. The van der Waals surface area contributed by atoms with Gasteiger partial charge in [0.05, 0.1) is 6.61 Å². The highest BCUT2D eigenvalue weighted by Gasteiger charge is 2.49. The zero-order chi connectivity index (χ0) is 29.0. The summed E-state index contributed by atoms with van der Waals surface area (Å²) in [4.78, 5) is 0. The van der Waals surface area contributed by atoms with Crippen molar-refractivity contribution in [3.05, 3.63) is 0 Å². The summed E-state index contributed by atoms with van der Waals surface area (Å²) >= 11 is 0. The highest BCUT2D eigenvalue weighted by molar-refractivity contribution is 4.90. The van der Waals surface area contributed by atoms with E-state index in [1.54, 1.807) is 0 Å². The highest BCUT2D eigenvalue weighted by Crippen LogP contribution is 2.29. The smallest absolute Gasteiger partial charge is 0.189 e. The van der Waals surface area contributed by atoms with E-state index in [0.29, 0.717) is 66.1 Å². The molecule has 0 aliphatic carbocycles. The quantitative estimate of drug-likeness (QED) is 0.243. The van der Waals surface area contributed by atoms with E-state index in [9.17, 15) is 0 Å². The predicted molar refractivity (Wildman–Crippen MR) is 146 cm³/mol. The summed E-state index contributed by atoms with van der Waals surface area (Å²) in [5.41, 5.74) is 0. The van der Waals surface area contributed by atoms with E-state index < -0.39 is 12.6 Å². The van der Waals surface area contributed by atoms with Crippen molar-refractivity contribution in [1.29, 1.82) is 0 Å². The Balaban J connectivity index is 0.000000395. The first-order valence-electron chi connectivity index (χ1n) is 14.8. The lowest BCUT2D eigenvalue weighted by Gasteiger charge is -2.45. The molecule has 2 fully saturated rings. The van der Waals surface area contributed by atoms with Crippen LogP contribution in [0.4, 0.5) is 0 Å². The molecule has 11 heteroatoms. The first-order chi connectivity index (χ1) is 19.0. The summed E-state index contributed by atoms with van der Waals surface area (Å²) < 4.78 is 63.1. The average Bonchev–Trinajstić information content (AvgIpc) is 2.92. The molecule has 0 spiro atoms. The fourth-order valence-electron chi connectivity index (χ4n) is 4.66. The van der Waals surface area contributed by atoms with Crippen molar-refractivity contribution >= 4 is 0 Å². The minimum Gasteiger partial charge on any atom is -0.373 e. The van der Waals surface area contributed by atoms with E-state index in [1.165, 1.54) is 0 Å². The Kier molecular flexibility index (Phi) is 20.8. The fourth-order valence-corrected chi connectivity index (χ4v) is 4.66.